The molecule has 0 amide bonds. The van der Waals surface area contributed by atoms with Crippen LogP contribution in [-0.4, -0.2) is 7.11 Å². The zero-order valence-corrected chi connectivity index (χ0v) is 10.4. The molecule has 0 unspecified atom stereocenters. The first-order valence-electron chi connectivity index (χ1n) is 5.36. The van der Waals surface area contributed by atoms with E-state index >= 15 is 0 Å². The van der Waals surface area contributed by atoms with E-state index in [9.17, 15) is 0 Å². The first-order chi connectivity index (χ1) is 8.20. The van der Waals surface area contributed by atoms with Crippen LogP contribution in [0.5, 0.6) is 5.75 Å². The fourth-order valence-corrected chi connectivity index (χ4v) is 1.91. The third-order valence-electron chi connectivity index (χ3n) is 2.69. The predicted octanol–water partition coefficient (Wildman–Crippen LogP) is 3.52. The Morgan fingerprint density at radius 2 is 1.88 bits per heavy atom. The number of nitrogen functional groups attached to an aromatic ring is 1. The van der Waals surface area contributed by atoms with Crippen LogP contribution in [0.3, 0.4) is 0 Å². The predicted molar refractivity (Wildman–Crippen MR) is 71.7 cm³/mol. The molecule has 0 fully saturated rings. The third kappa shape index (κ3) is 2.71. The maximum absolute atomic E-state index is 6.13. The molecule has 0 aliphatic rings. The molecule has 0 aromatic heterocycles. The zero-order valence-electron chi connectivity index (χ0n) is 9.61. The van der Waals surface area contributed by atoms with E-state index in [1.165, 1.54) is 0 Å². The highest BCUT2D eigenvalue weighted by molar-refractivity contribution is 6.31. The molecule has 0 saturated carbocycles. The van der Waals surface area contributed by atoms with Gasteiger partial charge in [-0.3, -0.25) is 0 Å². The molecule has 0 bridgehead atoms. The number of rotatable bonds is 3. The van der Waals surface area contributed by atoms with Crippen molar-refractivity contribution in [3.05, 3.63) is 58.6 Å². The van der Waals surface area contributed by atoms with Gasteiger partial charge in [0, 0.05) is 17.1 Å². The van der Waals surface area contributed by atoms with Crippen LogP contribution in [0.2, 0.25) is 5.02 Å². The van der Waals surface area contributed by atoms with Crippen molar-refractivity contribution in [3.63, 3.8) is 0 Å². The number of ether oxygens (including phenoxy) is 1. The largest absolute Gasteiger partial charge is 0.497 e. The minimum absolute atomic E-state index is 0.711. The quantitative estimate of drug-likeness (QED) is 0.843. The lowest BCUT2D eigenvalue weighted by molar-refractivity contribution is 0.414. The molecule has 17 heavy (non-hydrogen) atoms. The third-order valence-corrected chi connectivity index (χ3v) is 3.06. The van der Waals surface area contributed by atoms with Gasteiger partial charge in [-0.15, -0.1) is 0 Å². The summed E-state index contributed by atoms with van der Waals surface area (Å²) in [6.07, 6.45) is 0.711. The van der Waals surface area contributed by atoms with Crippen molar-refractivity contribution < 1.29 is 4.74 Å². The second-order valence-electron chi connectivity index (χ2n) is 3.83. The van der Waals surface area contributed by atoms with Crippen LogP contribution in [0.4, 0.5) is 5.69 Å². The molecule has 0 saturated heterocycles. The summed E-state index contributed by atoms with van der Waals surface area (Å²) in [5, 5.41) is 0.759. The minimum Gasteiger partial charge on any atom is -0.497 e. The molecule has 0 spiro atoms. The molecule has 0 heterocycles. The van der Waals surface area contributed by atoms with Crippen LogP contribution in [0.25, 0.3) is 0 Å². The van der Waals surface area contributed by atoms with E-state index in [0.717, 1.165) is 27.6 Å². The Hall–Kier alpha value is -1.67. The molecule has 0 atom stereocenters. The van der Waals surface area contributed by atoms with Gasteiger partial charge in [0.15, 0.2) is 0 Å². The Balaban J connectivity index is 2.32. The normalized spacial score (nSPS) is 10.2. The van der Waals surface area contributed by atoms with E-state index in [1.807, 2.05) is 42.5 Å². The van der Waals surface area contributed by atoms with Gasteiger partial charge in [0.05, 0.1) is 7.11 Å². The lowest BCUT2D eigenvalue weighted by Gasteiger charge is -2.09. The Kier molecular flexibility index (Phi) is 3.55. The number of methoxy groups -OCH3 is 1. The zero-order chi connectivity index (χ0) is 12.3. The number of anilines is 1. The molecular formula is C14H14ClNO. The lowest BCUT2D eigenvalue weighted by atomic mass is 10.0. The molecule has 2 rings (SSSR count). The van der Waals surface area contributed by atoms with Crippen LogP contribution >= 0.6 is 11.6 Å². The van der Waals surface area contributed by atoms with Crippen LogP contribution in [0, 0.1) is 0 Å². The van der Waals surface area contributed by atoms with Gasteiger partial charge in [-0.1, -0.05) is 29.8 Å². The first kappa shape index (κ1) is 11.8. The molecule has 2 nitrogen and oxygen atoms in total. The van der Waals surface area contributed by atoms with E-state index < -0.39 is 0 Å². The molecule has 2 aromatic rings. The minimum atomic E-state index is 0.711. The summed E-state index contributed by atoms with van der Waals surface area (Å²) in [6.45, 7) is 0. The van der Waals surface area contributed by atoms with Gasteiger partial charge in [0.2, 0.25) is 0 Å². The number of nitrogens with two attached hydrogens (primary N) is 1. The van der Waals surface area contributed by atoms with Gasteiger partial charge in [-0.25, -0.2) is 0 Å². The van der Waals surface area contributed by atoms with Gasteiger partial charge in [-0.05, 0) is 35.4 Å². The Morgan fingerprint density at radius 1 is 1.12 bits per heavy atom. The standard InChI is InChI=1S/C14H14ClNO/c1-17-12-6-7-14(16)11(9-12)8-10-4-2-3-5-13(10)15/h2-7,9H,8,16H2,1H3. The van der Waals surface area contributed by atoms with Gasteiger partial charge in [-0.2, -0.15) is 0 Å². The number of hydrogen-bond acceptors (Lipinski definition) is 2. The van der Waals surface area contributed by atoms with Crippen molar-refractivity contribution in [2.45, 2.75) is 6.42 Å². The van der Waals surface area contributed by atoms with Gasteiger partial charge >= 0.3 is 0 Å². The molecular weight excluding hydrogens is 234 g/mol. The van der Waals surface area contributed by atoms with Gasteiger partial charge in [0.1, 0.15) is 5.75 Å². The number of hydrogen-bond donors (Lipinski definition) is 1. The first-order valence-corrected chi connectivity index (χ1v) is 5.74. The second-order valence-corrected chi connectivity index (χ2v) is 4.24. The maximum Gasteiger partial charge on any atom is 0.119 e. The fraction of sp³-hybridized carbons (Fsp3) is 0.143. The van der Waals surface area contributed by atoms with Crippen LogP contribution < -0.4 is 10.5 Å². The van der Waals surface area contributed by atoms with E-state index in [0.29, 0.717) is 6.42 Å². The summed E-state index contributed by atoms with van der Waals surface area (Å²) in [5.74, 6) is 0.807. The van der Waals surface area contributed by atoms with Crippen LogP contribution in [0.1, 0.15) is 11.1 Å². The highest BCUT2D eigenvalue weighted by Crippen LogP contribution is 2.25. The summed E-state index contributed by atoms with van der Waals surface area (Å²) in [4.78, 5) is 0. The van der Waals surface area contributed by atoms with Crippen LogP contribution in [0.15, 0.2) is 42.5 Å². The Labute approximate surface area is 106 Å². The summed E-state index contributed by atoms with van der Waals surface area (Å²) >= 11 is 6.13. The van der Waals surface area contributed by atoms with Crippen molar-refractivity contribution in [3.8, 4) is 5.75 Å². The maximum atomic E-state index is 6.13. The van der Waals surface area contributed by atoms with Crippen molar-refractivity contribution in [2.24, 2.45) is 0 Å². The Morgan fingerprint density at radius 3 is 2.59 bits per heavy atom. The van der Waals surface area contributed by atoms with Crippen LogP contribution in [-0.2, 0) is 6.42 Å². The van der Waals surface area contributed by atoms with Gasteiger partial charge in [0.25, 0.3) is 0 Å². The lowest BCUT2D eigenvalue weighted by Crippen LogP contribution is -1.97. The SMILES string of the molecule is COc1ccc(N)c(Cc2ccccc2Cl)c1. The average molecular weight is 248 g/mol. The summed E-state index contributed by atoms with van der Waals surface area (Å²) in [7, 11) is 1.64. The molecule has 0 aliphatic carbocycles. The van der Waals surface area contributed by atoms with Gasteiger partial charge < -0.3 is 10.5 Å². The topological polar surface area (TPSA) is 35.2 Å². The van der Waals surface area contributed by atoms with E-state index in [-0.39, 0.29) is 0 Å². The number of halogens is 1. The molecule has 2 N–H and O–H groups in total. The molecule has 88 valence electrons. The van der Waals surface area contributed by atoms with Crippen molar-refractivity contribution in [1.29, 1.82) is 0 Å². The Bertz CT molecular complexity index is 525. The highest BCUT2D eigenvalue weighted by atomic mass is 35.5. The molecule has 3 heteroatoms. The summed E-state index contributed by atoms with van der Waals surface area (Å²) in [5.41, 5.74) is 8.79. The number of benzene rings is 2. The van der Waals surface area contributed by atoms with E-state index in [4.69, 9.17) is 22.1 Å². The van der Waals surface area contributed by atoms with E-state index in [2.05, 4.69) is 0 Å². The average Bonchev–Trinajstić information content (AvgIpc) is 2.35. The van der Waals surface area contributed by atoms with Crippen molar-refractivity contribution in [1.82, 2.24) is 0 Å². The highest BCUT2D eigenvalue weighted by Gasteiger charge is 2.05. The summed E-state index contributed by atoms with van der Waals surface area (Å²) in [6, 6.07) is 13.4. The smallest absolute Gasteiger partial charge is 0.119 e. The molecule has 2 aromatic carbocycles. The van der Waals surface area contributed by atoms with Crippen molar-refractivity contribution >= 4 is 17.3 Å². The molecule has 0 radical (unpaired) electrons. The monoisotopic (exact) mass is 247 g/mol. The second kappa shape index (κ2) is 5.11. The summed E-state index contributed by atoms with van der Waals surface area (Å²) < 4.78 is 5.19. The fourth-order valence-electron chi connectivity index (χ4n) is 1.71. The van der Waals surface area contributed by atoms with Crippen molar-refractivity contribution in [2.75, 3.05) is 12.8 Å². The van der Waals surface area contributed by atoms with E-state index in [1.54, 1.807) is 7.11 Å². The molecule has 0 aliphatic heterocycles.